The zero-order valence-electron chi connectivity index (χ0n) is 9.24. The van der Waals surface area contributed by atoms with Crippen molar-refractivity contribution in [2.45, 2.75) is 13.8 Å². The first-order valence-electron chi connectivity index (χ1n) is 4.87. The van der Waals surface area contributed by atoms with Crippen molar-refractivity contribution in [2.24, 2.45) is 5.92 Å². The van der Waals surface area contributed by atoms with Gasteiger partial charge < -0.3 is 10.6 Å². The number of aryl methyl sites for hydroxylation is 1. The number of nitrogens with one attached hydrogen (secondary N) is 2. The Labute approximate surface area is 89.3 Å². The van der Waals surface area contributed by atoms with Crippen molar-refractivity contribution in [1.82, 2.24) is 15.3 Å². The first-order valence-corrected chi connectivity index (χ1v) is 4.87. The molecule has 1 aromatic heterocycles. The predicted octanol–water partition coefficient (Wildman–Crippen LogP) is 0.579. The summed E-state index contributed by atoms with van der Waals surface area (Å²) >= 11 is 0. The summed E-state index contributed by atoms with van der Waals surface area (Å²) in [5.41, 5.74) is 0.633. The van der Waals surface area contributed by atoms with Gasteiger partial charge in [-0.2, -0.15) is 0 Å². The lowest BCUT2D eigenvalue weighted by molar-refractivity contribution is -0.119. The molecule has 0 saturated carbocycles. The number of amides is 1. The first-order chi connectivity index (χ1) is 7.13. The highest BCUT2D eigenvalue weighted by Crippen LogP contribution is 2.05. The number of carbonyl (C=O) groups excluding carboxylic acids is 1. The summed E-state index contributed by atoms with van der Waals surface area (Å²) in [5, 5.41) is 5.70. The zero-order chi connectivity index (χ0) is 11.3. The van der Waals surface area contributed by atoms with Crippen LogP contribution < -0.4 is 10.6 Å². The fraction of sp³-hybridized carbons (Fsp3) is 0.500. The Morgan fingerprint density at radius 3 is 2.60 bits per heavy atom. The molecular weight excluding hydrogens is 192 g/mol. The second kappa shape index (κ2) is 5.41. The monoisotopic (exact) mass is 208 g/mol. The summed E-state index contributed by atoms with van der Waals surface area (Å²) in [7, 11) is 1.82. The van der Waals surface area contributed by atoms with Crippen LogP contribution in [0.4, 0.5) is 5.69 Å². The van der Waals surface area contributed by atoms with Crippen molar-refractivity contribution >= 4 is 11.6 Å². The van der Waals surface area contributed by atoms with Crippen molar-refractivity contribution in [1.29, 1.82) is 0 Å². The summed E-state index contributed by atoms with van der Waals surface area (Å²) in [6.45, 7) is 4.31. The minimum Gasteiger partial charge on any atom is -0.323 e. The maximum absolute atomic E-state index is 11.6. The van der Waals surface area contributed by atoms with Crippen LogP contribution in [0.25, 0.3) is 0 Å². The van der Waals surface area contributed by atoms with E-state index in [4.69, 9.17) is 0 Å². The highest BCUT2D eigenvalue weighted by Gasteiger charge is 2.11. The van der Waals surface area contributed by atoms with Crippen molar-refractivity contribution in [2.75, 3.05) is 18.9 Å². The molecule has 5 nitrogen and oxygen atoms in total. The van der Waals surface area contributed by atoms with E-state index in [1.165, 1.54) is 0 Å². The van der Waals surface area contributed by atoms with Crippen LogP contribution in [0.15, 0.2) is 12.4 Å². The normalized spacial score (nSPS) is 12.2. The number of anilines is 1. The Hall–Kier alpha value is -1.49. The van der Waals surface area contributed by atoms with Gasteiger partial charge in [0.15, 0.2) is 0 Å². The lowest BCUT2D eigenvalue weighted by Crippen LogP contribution is -2.28. The lowest BCUT2D eigenvalue weighted by atomic mass is 10.1. The topological polar surface area (TPSA) is 66.9 Å². The average molecular weight is 208 g/mol. The number of rotatable bonds is 4. The fourth-order valence-corrected chi connectivity index (χ4v) is 1.12. The third-order valence-corrected chi connectivity index (χ3v) is 2.01. The molecule has 1 unspecified atom stereocenters. The SMILES string of the molecule is CNCC(C)C(=O)Nc1cnc(C)nc1. The minimum atomic E-state index is -0.0729. The van der Waals surface area contributed by atoms with Crippen molar-refractivity contribution < 1.29 is 4.79 Å². The van der Waals surface area contributed by atoms with Crippen LogP contribution in [0.5, 0.6) is 0 Å². The average Bonchev–Trinajstić information content (AvgIpc) is 2.22. The molecule has 0 saturated heterocycles. The quantitative estimate of drug-likeness (QED) is 0.759. The standard InChI is InChI=1S/C10H16N4O/c1-7(4-11-3)10(15)14-9-5-12-8(2)13-6-9/h5-7,11H,4H2,1-3H3,(H,14,15). The largest absolute Gasteiger partial charge is 0.323 e. The van der Waals surface area contributed by atoms with Crippen LogP contribution in [0.3, 0.4) is 0 Å². The Kier molecular flexibility index (Phi) is 4.17. The molecule has 0 spiro atoms. The van der Waals surface area contributed by atoms with E-state index < -0.39 is 0 Å². The van der Waals surface area contributed by atoms with Gasteiger partial charge >= 0.3 is 0 Å². The minimum absolute atomic E-state index is 0.0307. The molecule has 5 heteroatoms. The molecule has 1 aromatic rings. The van der Waals surface area contributed by atoms with Crippen LogP contribution in [-0.4, -0.2) is 29.5 Å². The number of aromatic nitrogens is 2. The van der Waals surface area contributed by atoms with Gasteiger partial charge in [0.1, 0.15) is 5.82 Å². The Morgan fingerprint density at radius 1 is 1.47 bits per heavy atom. The molecule has 82 valence electrons. The highest BCUT2D eigenvalue weighted by atomic mass is 16.1. The van der Waals surface area contributed by atoms with E-state index in [1.807, 2.05) is 14.0 Å². The lowest BCUT2D eigenvalue weighted by Gasteiger charge is -2.10. The summed E-state index contributed by atoms with van der Waals surface area (Å²) in [5.74, 6) is 0.587. The third kappa shape index (κ3) is 3.63. The molecular formula is C10H16N4O. The summed E-state index contributed by atoms with van der Waals surface area (Å²) in [6, 6.07) is 0. The fourth-order valence-electron chi connectivity index (χ4n) is 1.12. The van der Waals surface area contributed by atoms with E-state index in [1.54, 1.807) is 19.3 Å². The van der Waals surface area contributed by atoms with Crippen molar-refractivity contribution in [3.8, 4) is 0 Å². The van der Waals surface area contributed by atoms with Gasteiger partial charge in [-0.1, -0.05) is 6.92 Å². The predicted molar refractivity (Wildman–Crippen MR) is 58.5 cm³/mol. The molecule has 0 aliphatic carbocycles. The highest BCUT2D eigenvalue weighted by molar-refractivity contribution is 5.92. The number of carbonyl (C=O) groups is 1. The van der Waals surface area contributed by atoms with Gasteiger partial charge in [0.2, 0.25) is 5.91 Å². The number of hydrogen-bond donors (Lipinski definition) is 2. The Balaban J connectivity index is 2.54. The van der Waals surface area contributed by atoms with Gasteiger partial charge in [0.05, 0.1) is 18.1 Å². The van der Waals surface area contributed by atoms with E-state index in [0.29, 0.717) is 18.1 Å². The summed E-state index contributed by atoms with van der Waals surface area (Å²) < 4.78 is 0. The van der Waals surface area contributed by atoms with Crippen LogP contribution in [-0.2, 0) is 4.79 Å². The van der Waals surface area contributed by atoms with Crippen LogP contribution in [0.2, 0.25) is 0 Å². The molecule has 1 rings (SSSR count). The van der Waals surface area contributed by atoms with Gasteiger partial charge in [0, 0.05) is 12.5 Å². The Bertz CT molecular complexity index is 323. The Morgan fingerprint density at radius 2 is 2.07 bits per heavy atom. The molecule has 0 radical (unpaired) electrons. The molecule has 1 heterocycles. The van der Waals surface area contributed by atoms with Crippen LogP contribution in [0.1, 0.15) is 12.7 Å². The summed E-state index contributed by atoms with van der Waals surface area (Å²) in [6.07, 6.45) is 3.21. The van der Waals surface area contributed by atoms with Crippen LogP contribution in [0, 0.1) is 12.8 Å². The second-order valence-electron chi connectivity index (χ2n) is 3.47. The molecule has 1 amide bonds. The zero-order valence-corrected chi connectivity index (χ0v) is 9.24. The molecule has 0 fully saturated rings. The van der Waals surface area contributed by atoms with Gasteiger partial charge in [-0.05, 0) is 14.0 Å². The van der Waals surface area contributed by atoms with Crippen molar-refractivity contribution in [3.63, 3.8) is 0 Å². The maximum Gasteiger partial charge on any atom is 0.228 e. The molecule has 15 heavy (non-hydrogen) atoms. The maximum atomic E-state index is 11.6. The van der Waals surface area contributed by atoms with E-state index in [2.05, 4.69) is 20.6 Å². The first kappa shape index (κ1) is 11.6. The van der Waals surface area contributed by atoms with E-state index in [-0.39, 0.29) is 11.8 Å². The molecule has 0 aliphatic heterocycles. The van der Waals surface area contributed by atoms with Gasteiger partial charge in [-0.25, -0.2) is 9.97 Å². The molecule has 0 aromatic carbocycles. The van der Waals surface area contributed by atoms with Gasteiger partial charge in [-0.3, -0.25) is 4.79 Å². The summed E-state index contributed by atoms with van der Waals surface area (Å²) in [4.78, 5) is 19.6. The third-order valence-electron chi connectivity index (χ3n) is 2.01. The number of nitrogens with zero attached hydrogens (tertiary/aromatic N) is 2. The molecule has 1 atom stereocenters. The van der Waals surface area contributed by atoms with E-state index in [9.17, 15) is 4.79 Å². The van der Waals surface area contributed by atoms with Gasteiger partial charge in [0.25, 0.3) is 0 Å². The second-order valence-corrected chi connectivity index (χ2v) is 3.47. The molecule has 0 aliphatic rings. The van der Waals surface area contributed by atoms with E-state index in [0.717, 1.165) is 0 Å². The molecule has 0 bridgehead atoms. The van der Waals surface area contributed by atoms with Gasteiger partial charge in [-0.15, -0.1) is 0 Å². The van der Waals surface area contributed by atoms with Crippen LogP contribution >= 0.6 is 0 Å². The smallest absolute Gasteiger partial charge is 0.228 e. The van der Waals surface area contributed by atoms with Crippen molar-refractivity contribution in [3.05, 3.63) is 18.2 Å². The van der Waals surface area contributed by atoms with E-state index >= 15 is 0 Å². The molecule has 2 N–H and O–H groups in total. The number of hydrogen-bond acceptors (Lipinski definition) is 4.